The molecule has 0 bridgehead atoms. The van der Waals surface area contributed by atoms with Crippen LogP contribution in [-0.2, 0) is 4.74 Å². The quantitative estimate of drug-likeness (QED) is 0.853. The predicted molar refractivity (Wildman–Crippen MR) is 70.0 cm³/mol. The Balaban J connectivity index is 2.26. The number of nitrogen functional groups attached to an aromatic ring is 1. The van der Waals surface area contributed by atoms with Crippen molar-refractivity contribution in [3.8, 4) is 0 Å². The summed E-state index contributed by atoms with van der Waals surface area (Å²) in [5.74, 6) is 0. The van der Waals surface area contributed by atoms with Crippen molar-refractivity contribution >= 4 is 27.3 Å². The molecule has 2 atom stereocenters. The number of halogens is 1. The van der Waals surface area contributed by atoms with Gasteiger partial charge in [-0.15, -0.1) is 0 Å². The predicted octanol–water partition coefficient (Wildman–Crippen LogP) is 1.01. The first-order valence-corrected chi connectivity index (χ1v) is 6.31. The van der Waals surface area contributed by atoms with Crippen LogP contribution in [0.1, 0.15) is 6.92 Å². The lowest BCUT2D eigenvalue weighted by Gasteiger charge is -2.38. The monoisotopic (exact) mass is 301 g/mol. The van der Waals surface area contributed by atoms with Gasteiger partial charge in [0.15, 0.2) is 0 Å². The first-order valence-electron chi connectivity index (χ1n) is 5.52. The van der Waals surface area contributed by atoms with Crippen LogP contribution in [-0.4, -0.2) is 42.0 Å². The topological polar surface area (TPSA) is 71.6 Å². The van der Waals surface area contributed by atoms with E-state index in [-0.39, 0.29) is 18.8 Å². The molecule has 1 fully saturated rings. The lowest BCUT2D eigenvalue weighted by molar-refractivity contribution is -0.0421. The smallest absolute Gasteiger partial charge is 0.0984 e. The van der Waals surface area contributed by atoms with Crippen LogP contribution in [0, 0.1) is 0 Å². The first-order chi connectivity index (χ1) is 8.11. The minimum absolute atomic E-state index is 0.0173. The highest BCUT2D eigenvalue weighted by Crippen LogP contribution is 2.33. The summed E-state index contributed by atoms with van der Waals surface area (Å²) >= 11 is 3.46. The number of hydrogen-bond donors (Lipinski definition) is 2. The summed E-state index contributed by atoms with van der Waals surface area (Å²) < 4.78 is 6.47. The highest BCUT2D eigenvalue weighted by Gasteiger charge is 2.27. The molecule has 94 valence electrons. The lowest BCUT2D eigenvalue weighted by atomic mass is 10.2. The molecule has 0 saturated carbocycles. The fourth-order valence-electron chi connectivity index (χ4n) is 2.11. The van der Waals surface area contributed by atoms with Crippen molar-refractivity contribution < 1.29 is 9.84 Å². The van der Waals surface area contributed by atoms with Crippen molar-refractivity contribution in [2.24, 2.45) is 0 Å². The van der Waals surface area contributed by atoms with Crippen LogP contribution in [0.25, 0.3) is 0 Å². The van der Waals surface area contributed by atoms with Crippen LogP contribution >= 0.6 is 15.9 Å². The van der Waals surface area contributed by atoms with E-state index < -0.39 is 0 Å². The minimum Gasteiger partial charge on any atom is -0.396 e. The summed E-state index contributed by atoms with van der Waals surface area (Å²) in [5.41, 5.74) is 7.50. The summed E-state index contributed by atoms with van der Waals surface area (Å²) in [6.07, 6.45) is 3.26. The number of anilines is 2. The van der Waals surface area contributed by atoms with E-state index >= 15 is 0 Å². The van der Waals surface area contributed by atoms with E-state index in [4.69, 9.17) is 10.5 Å². The second kappa shape index (κ2) is 5.20. The van der Waals surface area contributed by atoms with Gasteiger partial charge in [-0.2, -0.15) is 0 Å². The van der Waals surface area contributed by atoms with Gasteiger partial charge in [-0.3, -0.25) is 4.98 Å². The molecule has 17 heavy (non-hydrogen) atoms. The highest BCUT2D eigenvalue weighted by molar-refractivity contribution is 9.10. The minimum atomic E-state index is -0.168. The maximum atomic E-state index is 9.21. The van der Waals surface area contributed by atoms with E-state index in [9.17, 15) is 5.11 Å². The SMILES string of the molecule is CC1CN(c2c(N)cncc2Br)CC(CO)O1. The number of morpholine rings is 1. The molecule has 5 nitrogen and oxygen atoms in total. The Kier molecular flexibility index (Phi) is 3.86. The van der Waals surface area contributed by atoms with Crippen molar-refractivity contribution in [3.05, 3.63) is 16.9 Å². The second-order valence-electron chi connectivity index (χ2n) is 4.22. The zero-order chi connectivity index (χ0) is 12.4. The van der Waals surface area contributed by atoms with Crippen LogP contribution < -0.4 is 10.6 Å². The van der Waals surface area contributed by atoms with Gasteiger partial charge in [0.1, 0.15) is 0 Å². The van der Waals surface area contributed by atoms with Crippen molar-refractivity contribution in [2.45, 2.75) is 19.1 Å². The highest BCUT2D eigenvalue weighted by atomic mass is 79.9. The van der Waals surface area contributed by atoms with Crippen LogP contribution in [0.15, 0.2) is 16.9 Å². The third-order valence-corrected chi connectivity index (χ3v) is 3.33. The average molecular weight is 302 g/mol. The van der Waals surface area contributed by atoms with Crippen LogP contribution in [0.5, 0.6) is 0 Å². The molecule has 2 heterocycles. The molecule has 2 unspecified atom stereocenters. The summed E-state index contributed by atoms with van der Waals surface area (Å²) in [7, 11) is 0. The van der Waals surface area contributed by atoms with E-state index in [1.54, 1.807) is 12.4 Å². The van der Waals surface area contributed by atoms with Gasteiger partial charge in [-0.05, 0) is 22.9 Å². The Hall–Kier alpha value is -0.850. The van der Waals surface area contributed by atoms with E-state index in [1.165, 1.54) is 0 Å². The average Bonchev–Trinajstić information content (AvgIpc) is 2.28. The Labute approximate surface area is 109 Å². The Morgan fingerprint density at radius 2 is 2.35 bits per heavy atom. The van der Waals surface area contributed by atoms with E-state index in [2.05, 4.69) is 25.8 Å². The Bertz CT molecular complexity index is 382. The molecule has 0 amide bonds. The lowest BCUT2D eigenvalue weighted by Crippen LogP contribution is -2.48. The van der Waals surface area contributed by atoms with Gasteiger partial charge in [0.05, 0.1) is 40.9 Å². The number of rotatable bonds is 2. The summed E-state index contributed by atoms with van der Waals surface area (Å²) in [5, 5.41) is 9.21. The van der Waals surface area contributed by atoms with Crippen molar-refractivity contribution in [2.75, 3.05) is 30.3 Å². The van der Waals surface area contributed by atoms with E-state index in [0.29, 0.717) is 12.2 Å². The molecule has 1 aromatic rings. The number of aliphatic hydroxyl groups excluding tert-OH is 1. The van der Waals surface area contributed by atoms with Crippen LogP contribution in [0.3, 0.4) is 0 Å². The van der Waals surface area contributed by atoms with Gasteiger partial charge in [0.2, 0.25) is 0 Å². The van der Waals surface area contributed by atoms with Crippen LogP contribution in [0.4, 0.5) is 11.4 Å². The summed E-state index contributed by atoms with van der Waals surface area (Å²) in [6, 6.07) is 0. The van der Waals surface area contributed by atoms with Gasteiger partial charge >= 0.3 is 0 Å². The van der Waals surface area contributed by atoms with Crippen molar-refractivity contribution in [1.82, 2.24) is 4.98 Å². The Morgan fingerprint density at radius 3 is 3.00 bits per heavy atom. The zero-order valence-corrected chi connectivity index (χ0v) is 11.2. The molecule has 0 radical (unpaired) electrons. The van der Waals surface area contributed by atoms with Crippen molar-refractivity contribution in [3.63, 3.8) is 0 Å². The number of hydrogen-bond acceptors (Lipinski definition) is 5. The van der Waals surface area contributed by atoms with E-state index in [0.717, 1.165) is 16.7 Å². The molecule has 1 aliphatic heterocycles. The van der Waals surface area contributed by atoms with Gasteiger partial charge in [0.25, 0.3) is 0 Å². The fraction of sp³-hybridized carbons (Fsp3) is 0.545. The fourth-order valence-corrected chi connectivity index (χ4v) is 2.70. The molecular weight excluding hydrogens is 286 g/mol. The van der Waals surface area contributed by atoms with Crippen molar-refractivity contribution in [1.29, 1.82) is 0 Å². The molecule has 1 saturated heterocycles. The third-order valence-electron chi connectivity index (χ3n) is 2.75. The summed E-state index contributed by atoms with van der Waals surface area (Å²) in [4.78, 5) is 6.14. The number of aromatic nitrogens is 1. The number of nitrogens with zero attached hydrogens (tertiary/aromatic N) is 2. The number of pyridine rings is 1. The van der Waals surface area contributed by atoms with Gasteiger partial charge < -0.3 is 20.5 Å². The zero-order valence-electron chi connectivity index (χ0n) is 9.64. The number of ether oxygens (including phenoxy) is 1. The molecule has 6 heteroatoms. The standard InChI is InChI=1S/C11H16BrN3O2/c1-7-4-15(5-8(6-16)17-7)11-9(12)2-14-3-10(11)13/h2-3,7-8,16H,4-6,13H2,1H3. The number of nitrogens with two attached hydrogens (primary N) is 1. The van der Waals surface area contributed by atoms with Gasteiger partial charge in [0, 0.05) is 19.3 Å². The van der Waals surface area contributed by atoms with Gasteiger partial charge in [-0.25, -0.2) is 0 Å². The molecule has 0 aliphatic carbocycles. The van der Waals surface area contributed by atoms with E-state index in [1.807, 2.05) is 6.92 Å². The normalized spacial score (nSPS) is 25.0. The molecule has 0 aromatic carbocycles. The second-order valence-corrected chi connectivity index (χ2v) is 5.07. The molecule has 3 N–H and O–H groups in total. The van der Waals surface area contributed by atoms with Crippen LogP contribution in [0.2, 0.25) is 0 Å². The summed E-state index contributed by atoms with van der Waals surface area (Å²) in [6.45, 7) is 3.39. The maximum absolute atomic E-state index is 9.21. The molecule has 2 rings (SSSR count). The molecule has 1 aromatic heterocycles. The third kappa shape index (κ3) is 2.70. The molecule has 0 spiro atoms. The largest absolute Gasteiger partial charge is 0.396 e. The molecular formula is C11H16BrN3O2. The molecule has 1 aliphatic rings. The Morgan fingerprint density at radius 1 is 1.59 bits per heavy atom. The maximum Gasteiger partial charge on any atom is 0.0984 e. The van der Waals surface area contributed by atoms with Gasteiger partial charge in [-0.1, -0.05) is 0 Å². The number of aliphatic hydroxyl groups is 1. The first kappa shape index (κ1) is 12.6.